The van der Waals surface area contributed by atoms with E-state index in [4.69, 9.17) is 23.7 Å². The monoisotopic (exact) mass is 851 g/mol. The van der Waals surface area contributed by atoms with Crippen LogP contribution in [0.15, 0.2) is 36.1 Å². The van der Waals surface area contributed by atoms with Gasteiger partial charge in [0, 0.05) is 101 Å². The first-order valence-electron chi connectivity index (χ1n) is 21.1. The number of Topliss-reactive ketones (excluding diaryl/α,β-unsaturated/α-hetero) is 1. The van der Waals surface area contributed by atoms with Crippen LogP contribution in [0.5, 0.6) is 23.0 Å². The summed E-state index contributed by atoms with van der Waals surface area (Å²) in [5.41, 5.74) is 0.196. The number of phenols is 3. The number of nitrogens with zero attached hydrogens (tertiary/aromatic N) is 2. The molecule has 61 heavy (non-hydrogen) atoms. The molecule has 0 saturated carbocycles. The molecule has 4 aliphatic rings. The number of rotatable bonds is 6. The quantitative estimate of drug-likeness (QED) is 0.125. The molecule has 0 unspecified atom stereocenters. The predicted octanol–water partition coefficient (Wildman–Crippen LogP) is 6.19. The maximum absolute atomic E-state index is 14.6. The molecule has 1 saturated heterocycles. The third kappa shape index (κ3) is 9.35. The molecule has 2 aromatic rings. The van der Waals surface area contributed by atoms with Crippen LogP contribution in [0.3, 0.4) is 0 Å². The van der Waals surface area contributed by atoms with Crippen molar-refractivity contribution in [2.24, 2.45) is 29.6 Å². The highest BCUT2D eigenvalue weighted by molar-refractivity contribution is 6.23. The average Bonchev–Trinajstić information content (AvgIpc) is 3.47. The van der Waals surface area contributed by atoms with Gasteiger partial charge in [0.2, 0.25) is 0 Å². The summed E-state index contributed by atoms with van der Waals surface area (Å²) in [6.45, 7) is 20.4. The second-order valence-electron chi connectivity index (χ2n) is 17.4. The van der Waals surface area contributed by atoms with Crippen molar-refractivity contribution >= 4 is 39.8 Å². The fourth-order valence-electron chi connectivity index (χ4n) is 9.10. The van der Waals surface area contributed by atoms with Gasteiger partial charge in [-0.15, -0.1) is 0 Å². The van der Waals surface area contributed by atoms with E-state index in [1.165, 1.54) is 34.1 Å². The normalized spacial score (nSPS) is 31.4. The molecule has 4 heterocycles. The number of carbonyl (C=O) groups is 3. The lowest BCUT2D eigenvalue weighted by atomic mass is 9.78. The van der Waals surface area contributed by atoms with E-state index >= 15 is 0 Å². The molecule has 1 fully saturated rings. The van der Waals surface area contributed by atoms with Crippen LogP contribution in [-0.2, 0) is 28.5 Å². The van der Waals surface area contributed by atoms with Crippen LogP contribution in [0.4, 0.5) is 11.4 Å². The number of benzene rings is 2. The Balaban J connectivity index is 1.71. The van der Waals surface area contributed by atoms with Crippen molar-refractivity contribution in [2.75, 3.05) is 57.2 Å². The topological polar surface area (TPSA) is 197 Å². The zero-order valence-corrected chi connectivity index (χ0v) is 37.6. The van der Waals surface area contributed by atoms with Crippen LogP contribution < -0.4 is 15.0 Å². The Kier molecular flexibility index (Phi) is 14.8. The summed E-state index contributed by atoms with van der Waals surface area (Å²) in [6.07, 6.45) is 4.88. The number of piperazine rings is 1. The summed E-state index contributed by atoms with van der Waals surface area (Å²) in [5, 5.41) is 50.4. The number of ketones is 1. The Morgan fingerprint density at radius 3 is 2.15 bits per heavy atom. The van der Waals surface area contributed by atoms with E-state index in [2.05, 4.69) is 24.1 Å². The zero-order valence-electron chi connectivity index (χ0n) is 37.6. The van der Waals surface area contributed by atoms with E-state index in [0.717, 1.165) is 6.54 Å². The zero-order chi connectivity index (χ0) is 45.2. The molecule has 0 aliphatic carbocycles. The van der Waals surface area contributed by atoms with Gasteiger partial charge in [-0.05, 0) is 25.8 Å². The van der Waals surface area contributed by atoms with Crippen molar-refractivity contribution < 1.29 is 58.5 Å². The molecule has 15 nitrogen and oxygen atoms in total. The number of anilines is 2. The number of allylic oxidation sites excluding steroid dienone is 2. The summed E-state index contributed by atoms with van der Waals surface area (Å²) in [4.78, 5) is 45.1. The molecule has 336 valence electrons. The average molecular weight is 852 g/mol. The number of carbonyl (C=O) groups excluding carboxylic acids is 3. The summed E-state index contributed by atoms with van der Waals surface area (Å²) in [7, 11) is 3.03. The Bertz CT molecular complexity index is 2070. The molecule has 4 aliphatic heterocycles. The third-order valence-electron chi connectivity index (χ3n) is 12.5. The summed E-state index contributed by atoms with van der Waals surface area (Å²) >= 11 is 0. The summed E-state index contributed by atoms with van der Waals surface area (Å²) < 4.78 is 29.8. The Morgan fingerprint density at radius 1 is 0.918 bits per heavy atom. The number of phenolic OH excluding ortho intramolecular Hbond substituents is 3. The van der Waals surface area contributed by atoms with E-state index in [-0.39, 0.29) is 50.5 Å². The number of esters is 1. The first kappa shape index (κ1) is 47.2. The van der Waals surface area contributed by atoms with Gasteiger partial charge in [-0.2, -0.15) is 0 Å². The number of amides is 1. The second-order valence-corrected chi connectivity index (χ2v) is 17.4. The molecule has 0 spiro atoms. The van der Waals surface area contributed by atoms with Crippen molar-refractivity contribution in [3.63, 3.8) is 0 Å². The van der Waals surface area contributed by atoms with E-state index in [1.807, 2.05) is 31.7 Å². The Labute approximate surface area is 358 Å². The lowest BCUT2D eigenvalue weighted by Crippen LogP contribution is -2.47. The first-order valence-corrected chi connectivity index (χ1v) is 21.1. The van der Waals surface area contributed by atoms with Gasteiger partial charge in [0.25, 0.3) is 11.7 Å². The highest BCUT2D eigenvalue weighted by Gasteiger charge is 2.50. The minimum atomic E-state index is -2.01. The van der Waals surface area contributed by atoms with E-state index < -0.39 is 82.9 Å². The van der Waals surface area contributed by atoms with Gasteiger partial charge in [0.05, 0.1) is 35.5 Å². The van der Waals surface area contributed by atoms with Gasteiger partial charge in [-0.25, -0.2) is 0 Å². The minimum absolute atomic E-state index is 0.0479. The van der Waals surface area contributed by atoms with Gasteiger partial charge in [0.15, 0.2) is 5.75 Å². The van der Waals surface area contributed by atoms with Crippen LogP contribution in [0.1, 0.15) is 78.2 Å². The molecular formula is C46H65N3O12. The Morgan fingerprint density at radius 2 is 1.56 bits per heavy atom. The predicted molar refractivity (Wildman–Crippen MR) is 232 cm³/mol. The number of fused-ring (bicyclic) bond motifs is 14. The number of aliphatic hydroxyl groups excluding tert-OH is 1. The van der Waals surface area contributed by atoms with Crippen LogP contribution >= 0.6 is 0 Å². The maximum Gasteiger partial charge on any atom is 0.312 e. The summed E-state index contributed by atoms with van der Waals surface area (Å²) in [6, 6.07) is 0. The Hall–Kier alpha value is -4.83. The van der Waals surface area contributed by atoms with Crippen molar-refractivity contribution in [1.82, 2.24) is 4.90 Å². The number of aliphatic hydroxyl groups is 1. The van der Waals surface area contributed by atoms with Gasteiger partial charge >= 0.3 is 11.8 Å². The number of methoxy groups -OCH3 is 2. The van der Waals surface area contributed by atoms with Gasteiger partial charge in [-0.1, -0.05) is 59.8 Å². The highest BCUT2D eigenvalue weighted by atomic mass is 16.7. The molecule has 5 bridgehead atoms. The van der Waals surface area contributed by atoms with Crippen LogP contribution in [0.25, 0.3) is 10.8 Å². The number of nitrogens with one attached hydrogen (secondary N) is 1. The number of hydrogen-bond donors (Lipinski definition) is 5. The molecule has 9 atom stereocenters. The highest BCUT2D eigenvalue weighted by Crippen LogP contribution is 2.57. The van der Waals surface area contributed by atoms with Crippen molar-refractivity contribution in [2.45, 2.75) is 99.4 Å². The maximum atomic E-state index is 14.6. The standard InChI is InChI=1S/C46H65N3O12/c1-23(2)22-48-17-19-49(20-18-48)36-35-39(53)33-32(40(36)54)34-43(29(8)38(33)52)61-46(10,44(34)55)59-21-16-31(57-11)26(5)42(60-30(9)50)28(7)37(51)27(6)41(58-12)24(3)14-13-15-25(4)45(56)47-35/h13-16,21,23-24,26-28,31,37,41-42,51-54H,17-20,22H2,1-12H3,(H,47,56)/b14-13+,21-16+,25-15-/t24-,26+,27-,28+,31-,37+,41-,42+,46-/m0/s1. The lowest BCUT2D eigenvalue weighted by molar-refractivity contribution is -0.161. The first-order chi connectivity index (χ1) is 28.7. The SMILES string of the molecule is CO[C@@H]1[C@@H](C)[C@@H](O)[C@@H](C)[C@H](OC(C)=O)[C@H](C)[C@@H](OC)/C=C/O[C@@]2(C)Oc3c(C)c(O)c4c(O)c(c(N5CCN(CC(C)C)CC5)c(O)c4c3C2=O)NC(=O)/C(C)=C\C=C\[C@@H]1C. The van der Waals surface area contributed by atoms with Crippen molar-refractivity contribution in [3.05, 3.63) is 47.3 Å². The van der Waals surface area contributed by atoms with E-state index in [0.29, 0.717) is 32.1 Å². The molecule has 5 N–H and O–H groups in total. The largest absolute Gasteiger partial charge is 0.507 e. The molecule has 1 amide bonds. The van der Waals surface area contributed by atoms with E-state index in [1.54, 1.807) is 39.2 Å². The third-order valence-corrected chi connectivity index (χ3v) is 12.5. The van der Waals surface area contributed by atoms with E-state index in [9.17, 15) is 34.8 Å². The molecule has 0 radical (unpaired) electrons. The van der Waals surface area contributed by atoms with Crippen LogP contribution in [-0.4, -0.2) is 120 Å². The number of ether oxygens (including phenoxy) is 5. The fraction of sp³-hybridized carbons (Fsp3) is 0.587. The smallest absolute Gasteiger partial charge is 0.312 e. The minimum Gasteiger partial charge on any atom is -0.507 e. The van der Waals surface area contributed by atoms with Gasteiger partial charge < -0.3 is 54.3 Å². The van der Waals surface area contributed by atoms with Crippen LogP contribution in [0.2, 0.25) is 0 Å². The van der Waals surface area contributed by atoms with Gasteiger partial charge in [0.1, 0.15) is 34.7 Å². The molecule has 6 rings (SSSR count). The number of hydrogen-bond acceptors (Lipinski definition) is 14. The molecular weight excluding hydrogens is 787 g/mol. The van der Waals surface area contributed by atoms with Gasteiger partial charge in [-0.3, -0.25) is 19.3 Å². The lowest BCUT2D eigenvalue weighted by Gasteiger charge is -2.38. The van der Waals surface area contributed by atoms with Crippen molar-refractivity contribution in [1.29, 1.82) is 0 Å². The number of aromatic hydroxyl groups is 3. The summed E-state index contributed by atoms with van der Waals surface area (Å²) in [5.74, 6) is -6.75. The molecule has 15 heteroatoms. The molecule has 2 aromatic carbocycles. The second kappa shape index (κ2) is 19.1. The van der Waals surface area contributed by atoms with Crippen molar-refractivity contribution in [3.8, 4) is 23.0 Å². The fourth-order valence-corrected chi connectivity index (χ4v) is 9.10. The molecule has 0 aromatic heterocycles. The van der Waals surface area contributed by atoms with Crippen LogP contribution in [0, 0.1) is 36.5 Å².